The molecule has 2 unspecified atom stereocenters. The molecule has 6 heteroatoms. The van der Waals surface area contributed by atoms with Gasteiger partial charge in [-0.3, -0.25) is 4.79 Å². The number of likely N-dealkylation sites (N-methyl/N-ethyl adjacent to an activating group) is 1. The molecule has 0 aliphatic carbocycles. The van der Waals surface area contributed by atoms with Crippen molar-refractivity contribution in [1.82, 2.24) is 15.2 Å². The van der Waals surface area contributed by atoms with Crippen molar-refractivity contribution in [3.8, 4) is 0 Å². The fourth-order valence-corrected chi connectivity index (χ4v) is 2.97. The molecule has 2 atom stereocenters. The Labute approximate surface area is 125 Å². The van der Waals surface area contributed by atoms with E-state index in [4.69, 9.17) is 0 Å². The van der Waals surface area contributed by atoms with Crippen LogP contribution in [0.2, 0.25) is 0 Å². The van der Waals surface area contributed by atoms with Crippen molar-refractivity contribution in [3.63, 3.8) is 0 Å². The predicted molar refractivity (Wildman–Crippen MR) is 80.8 cm³/mol. The fraction of sp³-hybridized carbons (Fsp3) is 0.692. The van der Waals surface area contributed by atoms with Crippen molar-refractivity contribution < 1.29 is 4.79 Å². The summed E-state index contributed by atoms with van der Waals surface area (Å²) in [4.78, 5) is 18.5. The summed E-state index contributed by atoms with van der Waals surface area (Å²) in [5, 5.41) is 6.39. The number of amides is 1. The molecule has 4 nitrogen and oxygen atoms in total. The molecule has 1 aromatic rings. The number of carbonyl (C=O) groups excluding carboxylic acids is 1. The summed E-state index contributed by atoms with van der Waals surface area (Å²) < 4.78 is 0. The van der Waals surface area contributed by atoms with Crippen LogP contribution in [0.5, 0.6) is 0 Å². The lowest BCUT2D eigenvalue weighted by Gasteiger charge is -2.30. The highest BCUT2D eigenvalue weighted by atomic mass is 35.5. The summed E-state index contributed by atoms with van der Waals surface area (Å²) in [7, 11) is 1.86. The van der Waals surface area contributed by atoms with Gasteiger partial charge in [0.25, 0.3) is 0 Å². The highest BCUT2D eigenvalue weighted by molar-refractivity contribution is 7.09. The molecule has 1 aliphatic rings. The molecule has 1 N–H and O–H groups in total. The Morgan fingerprint density at radius 1 is 1.63 bits per heavy atom. The summed E-state index contributed by atoms with van der Waals surface area (Å²) >= 11 is 1.63. The second-order valence-electron chi connectivity index (χ2n) is 5.19. The second-order valence-corrected chi connectivity index (χ2v) is 6.25. The second kappa shape index (κ2) is 7.22. The van der Waals surface area contributed by atoms with Crippen molar-refractivity contribution in [3.05, 3.63) is 16.1 Å². The van der Waals surface area contributed by atoms with Crippen LogP contribution >= 0.6 is 23.7 Å². The normalized spacial score (nSPS) is 22.7. The molecule has 0 spiro atoms. The first-order valence-electron chi connectivity index (χ1n) is 6.45. The lowest BCUT2D eigenvalue weighted by molar-refractivity contribution is -0.133. The van der Waals surface area contributed by atoms with E-state index in [9.17, 15) is 4.79 Å². The molecule has 0 radical (unpaired) electrons. The molecule has 1 amide bonds. The third kappa shape index (κ3) is 4.44. The van der Waals surface area contributed by atoms with Gasteiger partial charge < -0.3 is 10.2 Å². The first-order valence-corrected chi connectivity index (χ1v) is 7.33. The number of thiazole rings is 1. The molecular formula is C13H22ClN3OS. The maximum Gasteiger partial charge on any atom is 0.239 e. The Hall–Kier alpha value is -0.650. The van der Waals surface area contributed by atoms with E-state index < -0.39 is 0 Å². The van der Waals surface area contributed by atoms with E-state index in [0.717, 1.165) is 23.7 Å². The van der Waals surface area contributed by atoms with E-state index in [-0.39, 0.29) is 24.4 Å². The molecule has 0 saturated carbocycles. The van der Waals surface area contributed by atoms with Gasteiger partial charge in [-0.25, -0.2) is 4.98 Å². The molecule has 0 bridgehead atoms. The number of halogens is 1. The summed E-state index contributed by atoms with van der Waals surface area (Å²) in [5.41, 5.74) is 0.984. The van der Waals surface area contributed by atoms with Gasteiger partial charge in [-0.15, -0.1) is 23.7 Å². The molecule has 2 rings (SSSR count). The Kier molecular flexibility index (Phi) is 6.23. The summed E-state index contributed by atoms with van der Waals surface area (Å²) in [5.74, 6) is 0.822. The van der Waals surface area contributed by atoms with E-state index >= 15 is 0 Å². The molecule has 1 saturated heterocycles. The van der Waals surface area contributed by atoms with E-state index in [1.54, 1.807) is 16.2 Å². The van der Waals surface area contributed by atoms with Crippen LogP contribution in [0.25, 0.3) is 0 Å². The van der Waals surface area contributed by atoms with Gasteiger partial charge in [0.15, 0.2) is 0 Å². The number of aryl methyl sites for hydroxylation is 1. The zero-order chi connectivity index (χ0) is 13.1. The van der Waals surface area contributed by atoms with Gasteiger partial charge in [-0.05, 0) is 32.2 Å². The maximum absolute atomic E-state index is 12.3. The van der Waals surface area contributed by atoms with Crippen LogP contribution in [-0.4, -0.2) is 35.4 Å². The van der Waals surface area contributed by atoms with Crippen LogP contribution in [0, 0.1) is 12.8 Å². The highest BCUT2D eigenvalue weighted by Crippen LogP contribution is 2.17. The first-order chi connectivity index (χ1) is 8.56. The van der Waals surface area contributed by atoms with Gasteiger partial charge in [0.2, 0.25) is 5.91 Å². The van der Waals surface area contributed by atoms with Crippen molar-refractivity contribution in [1.29, 1.82) is 0 Å². The quantitative estimate of drug-likeness (QED) is 0.931. The molecule has 108 valence electrons. The molecule has 2 heterocycles. The minimum atomic E-state index is -0.0153. The number of aromatic nitrogens is 1. The molecular weight excluding hydrogens is 282 g/mol. The average molecular weight is 304 g/mol. The van der Waals surface area contributed by atoms with Crippen LogP contribution < -0.4 is 5.32 Å². The standard InChI is InChI=1S/C13H21N3OS.ClH/c1-9-4-5-14-12(6-9)13(17)16(3)7-11-8-18-10(2)15-11;/h8-9,12,14H,4-7H2,1-3H3;1H. The number of rotatable bonds is 3. The number of hydrogen-bond donors (Lipinski definition) is 1. The monoisotopic (exact) mass is 303 g/mol. The number of nitrogens with one attached hydrogen (secondary N) is 1. The predicted octanol–water partition coefficient (Wildman–Crippen LogP) is 2.22. The molecule has 1 aliphatic heterocycles. The smallest absolute Gasteiger partial charge is 0.239 e. The Bertz CT molecular complexity index is 424. The van der Waals surface area contributed by atoms with E-state index in [2.05, 4.69) is 17.2 Å². The number of hydrogen-bond acceptors (Lipinski definition) is 4. The van der Waals surface area contributed by atoms with E-state index in [1.807, 2.05) is 19.4 Å². The van der Waals surface area contributed by atoms with Crippen LogP contribution in [0.3, 0.4) is 0 Å². The SMILES string of the molecule is Cc1nc(CN(C)C(=O)C2CC(C)CCN2)cs1.Cl. The Morgan fingerprint density at radius 2 is 2.37 bits per heavy atom. The Balaban J connectivity index is 0.00000180. The lowest BCUT2D eigenvalue weighted by atomic mass is 9.93. The van der Waals surface area contributed by atoms with Gasteiger partial charge in [0, 0.05) is 12.4 Å². The number of piperidine rings is 1. The van der Waals surface area contributed by atoms with Crippen LogP contribution in [0.4, 0.5) is 0 Å². The van der Waals surface area contributed by atoms with E-state index in [1.165, 1.54) is 6.42 Å². The van der Waals surface area contributed by atoms with E-state index in [0.29, 0.717) is 12.5 Å². The fourth-order valence-electron chi connectivity index (χ4n) is 2.36. The molecule has 0 aromatic carbocycles. The summed E-state index contributed by atoms with van der Waals surface area (Å²) in [6.45, 7) is 5.75. The van der Waals surface area contributed by atoms with Crippen LogP contribution in [0.1, 0.15) is 30.5 Å². The maximum atomic E-state index is 12.3. The third-order valence-corrected chi connectivity index (χ3v) is 4.23. The summed E-state index contributed by atoms with van der Waals surface area (Å²) in [6.07, 6.45) is 2.11. The Morgan fingerprint density at radius 3 is 2.95 bits per heavy atom. The largest absolute Gasteiger partial charge is 0.338 e. The average Bonchev–Trinajstić information content (AvgIpc) is 2.73. The zero-order valence-corrected chi connectivity index (χ0v) is 13.3. The van der Waals surface area contributed by atoms with Gasteiger partial charge >= 0.3 is 0 Å². The van der Waals surface area contributed by atoms with Crippen molar-refractivity contribution in [2.24, 2.45) is 5.92 Å². The number of carbonyl (C=O) groups is 1. The molecule has 19 heavy (non-hydrogen) atoms. The van der Waals surface area contributed by atoms with Crippen LogP contribution in [0.15, 0.2) is 5.38 Å². The first kappa shape index (κ1) is 16.4. The van der Waals surface area contributed by atoms with Crippen LogP contribution in [-0.2, 0) is 11.3 Å². The van der Waals surface area contributed by atoms with Gasteiger partial charge in [0.05, 0.1) is 23.3 Å². The summed E-state index contributed by atoms with van der Waals surface area (Å²) in [6, 6.07) is -0.0153. The zero-order valence-electron chi connectivity index (χ0n) is 11.7. The lowest BCUT2D eigenvalue weighted by Crippen LogP contribution is -2.48. The van der Waals surface area contributed by atoms with Crippen molar-refractivity contribution in [2.45, 2.75) is 39.3 Å². The van der Waals surface area contributed by atoms with Gasteiger partial charge in [0.1, 0.15) is 0 Å². The minimum absolute atomic E-state index is 0. The molecule has 1 aromatic heterocycles. The highest BCUT2D eigenvalue weighted by Gasteiger charge is 2.27. The van der Waals surface area contributed by atoms with Crippen molar-refractivity contribution >= 4 is 29.7 Å². The number of nitrogens with zero attached hydrogens (tertiary/aromatic N) is 2. The molecule has 1 fully saturated rings. The van der Waals surface area contributed by atoms with Gasteiger partial charge in [-0.1, -0.05) is 6.92 Å². The van der Waals surface area contributed by atoms with Gasteiger partial charge in [-0.2, -0.15) is 0 Å². The third-order valence-electron chi connectivity index (χ3n) is 3.41. The topological polar surface area (TPSA) is 45.2 Å². The minimum Gasteiger partial charge on any atom is -0.338 e. The van der Waals surface area contributed by atoms with Crippen molar-refractivity contribution in [2.75, 3.05) is 13.6 Å².